The average Bonchev–Trinajstić information content (AvgIpc) is 3.55. The minimum absolute atomic E-state index is 0.419. The summed E-state index contributed by atoms with van der Waals surface area (Å²) >= 11 is 0. The second kappa shape index (κ2) is 11.2. The Hall–Kier alpha value is -4.42. The van der Waals surface area contributed by atoms with Crippen molar-refractivity contribution in [1.29, 1.82) is 0 Å². The van der Waals surface area contributed by atoms with Gasteiger partial charge in [-0.3, -0.25) is 0 Å². The van der Waals surface area contributed by atoms with Gasteiger partial charge in [-0.05, 0) is 84.2 Å². The molecule has 0 amide bonds. The Morgan fingerprint density at radius 2 is 1.13 bits per heavy atom. The van der Waals surface area contributed by atoms with Crippen LogP contribution in [0.3, 0.4) is 0 Å². The van der Waals surface area contributed by atoms with E-state index in [1.807, 2.05) is 6.08 Å². The topological polar surface area (TPSA) is 23.4 Å². The van der Waals surface area contributed by atoms with E-state index in [0.29, 0.717) is 0 Å². The maximum Gasteiger partial charge on any atom is 0.494 e. The normalized spacial score (nSPS) is 15.8. The Morgan fingerprint density at radius 1 is 0.600 bits per heavy atom. The number of fused-ring (bicyclic) bond motifs is 1. The first-order valence-corrected chi connectivity index (χ1v) is 17.7. The van der Waals surface area contributed by atoms with Gasteiger partial charge in [-0.25, -0.2) is 0 Å². The van der Waals surface area contributed by atoms with E-state index in [-0.39, 0.29) is 0 Å². The maximum absolute atomic E-state index is 6.55. The number of nitrogens with zero attached hydrogens (tertiary/aromatic N) is 1. The number of aromatic nitrogens is 1. The number of hydrogen-bond acceptors (Lipinski definition) is 2. The van der Waals surface area contributed by atoms with E-state index in [9.17, 15) is 0 Å². The first-order valence-electron chi connectivity index (χ1n) is 15.7. The van der Waals surface area contributed by atoms with Crippen molar-refractivity contribution in [3.63, 3.8) is 0 Å². The van der Waals surface area contributed by atoms with E-state index in [4.69, 9.17) is 9.31 Å². The highest BCUT2D eigenvalue weighted by Crippen LogP contribution is 2.36. The third-order valence-corrected chi connectivity index (χ3v) is 14.5. The molecule has 0 saturated carbocycles. The van der Waals surface area contributed by atoms with Crippen LogP contribution in [0, 0.1) is 0 Å². The maximum atomic E-state index is 6.55. The molecule has 45 heavy (non-hydrogen) atoms. The highest BCUT2D eigenvalue weighted by Gasteiger charge is 2.52. The van der Waals surface area contributed by atoms with Crippen LogP contribution < -0.4 is 26.2 Å². The van der Waals surface area contributed by atoms with E-state index in [0.717, 1.165) is 16.8 Å². The molecule has 0 bridgehead atoms. The van der Waals surface area contributed by atoms with E-state index >= 15 is 0 Å². The third-order valence-electron chi connectivity index (χ3n) is 9.74. The molecule has 1 aliphatic rings. The van der Waals surface area contributed by atoms with Gasteiger partial charge >= 0.3 is 7.12 Å². The summed E-state index contributed by atoms with van der Waals surface area (Å²) in [4.78, 5) is 0. The zero-order valence-corrected chi connectivity index (χ0v) is 27.4. The van der Waals surface area contributed by atoms with Crippen molar-refractivity contribution in [1.82, 2.24) is 4.57 Å². The fourth-order valence-corrected chi connectivity index (χ4v) is 11.6. The van der Waals surface area contributed by atoms with Gasteiger partial charge in [0.25, 0.3) is 0 Å². The molecule has 5 aromatic carbocycles. The van der Waals surface area contributed by atoms with Crippen LogP contribution in [-0.2, 0) is 9.31 Å². The van der Waals surface area contributed by atoms with Gasteiger partial charge in [0.15, 0.2) is 8.07 Å². The van der Waals surface area contributed by atoms with Gasteiger partial charge in [-0.1, -0.05) is 122 Å². The Morgan fingerprint density at radius 3 is 1.76 bits per heavy atom. The van der Waals surface area contributed by atoms with Crippen LogP contribution in [0.2, 0.25) is 0 Å². The Balaban J connectivity index is 1.50. The van der Waals surface area contributed by atoms with Crippen molar-refractivity contribution in [2.24, 2.45) is 0 Å². The Bertz CT molecular complexity index is 1940. The molecule has 1 fully saturated rings. The molecule has 7 rings (SSSR count). The molecule has 5 heteroatoms. The van der Waals surface area contributed by atoms with E-state index in [1.54, 1.807) is 0 Å². The van der Waals surface area contributed by atoms with Crippen LogP contribution in [0.15, 0.2) is 146 Å². The predicted molar refractivity (Wildman–Crippen MR) is 193 cm³/mol. The predicted octanol–water partition coefficient (Wildman–Crippen LogP) is 5.95. The van der Waals surface area contributed by atoms with E-state index in [2.05, 4.69) is 178 Å². The monoisotopic (exact) mass is 603 g/mol. The molecular formula is C40H38BNO2Si. The van der Waals surface area contributed by atoms with Crippen molar-refractivity contribution in [2.75, 3.05) is 0 Å². The molecule has 1 aromatic heterocycles. The summed E-state index contributed by atoms with van der Waals surface area (Å²) in [7, 11) is -3.29. The summed E-state index contributed by atoms with van der Waals surface area (Å²) < 4.78 is 15.4. The second-order valence-corrected chi connectivity index (χ2v) is 16.7. The largest absolute Gasteiger partial charge is 0.494 e. The lowest BCUT2D eigenvalue weighted by atomic mass is 9.79. The van der Waals surface area contributed by atoms with Gasteiger partial charge in [0.05, 0.1) is 16.7 Å². The molecule has 0 N–H and O–H groups in total. The fourth-order valence-electron chi connectivity index (χ4n) is 6.77. The third kappa shape index (κ3) is 4.83. The molecule has 0 spiro atoms. The summed E-state index contributed by atoms with van der Waals surface area (Å²) in [5.41, 5.74) is 3.56. The van der Waals surface area contributed by atoms with Crippen LogP contribution in [-0.4, -0.2) is 31.0 Å². The van der Waals surface area contributed by atoms with Gasteiger partial charge in [0.2, 0.25) is 0 Å². The highest BCUT2D eigenvalue weighted by atomic mass is 28.3. The number of hydrogen-bond donors (Lipinski definition) is 0. The summed E-state index contributed by atoms with van der Waals surface area (Å²) in [6, 6.07) is 50.9. The molecule has 3 nitrogen and oxygen atoms in total. The van der Waals surface area contributed by atoms with Crippen molar-refractivity contribution in [3.05, 3.63) is 152 Å². The lowest BCUT2D eigenvalue weighted by Gasteiger charge is -2.35. The minimum Gasteiger partial charge on any atom is -0.399 e. The first kappa shape index (κ1) is 29.3. The van der Waals surface area contributed by atoms with Crippen LogP contribution in [0.4, 0.5) is 0 Å². The van der Waals surface area contributed by atoms with Gasteiger partial charge in [-0.2, -0.15) is 0 Å². The molecule has 2 heterocycles. The SMILES string of the molecule is C=Cc1cc2ccccc2n1-c1cccc([Si](c2ccccc2)(c2ccccc2)c2cccc(B3OC(C)(C)C(C)(C)O3)c2)c1. The quantitative estimate of drug-likeness (QED) is 0.166. The van der Waals surface area contributed by atoms with Gasteiger partial charge in [-0.15, -0.1) is 0 Å². The smallest absolute Gasteiger partial charge is 0.399 e. The fraction of sp³-hybridized carbons (Fsp3) is 0.150. The highest BCUT2D eigenvalue weighted by molar-refractivity contribution is 7.20. The molecule has 222 valence electrons. The van der Waals surface area contributed by atoms with Crippen molar-refractivity contribution < 1.29 is 9.31 Å². The molecule has 0 atom stereocenters. The van der Waals surface area contributed by atoms with Crippen molar-refractivity contribution in [3.8, 4) is 5.69 Å². The number of rotatable bonds is 7. The lowest BCUT2D eigenvalue weighted by molar-refractivity contribution is 0.00578. The summed E-state index contributed by atoms with van der Waals surface area (Å²) in [6.07, 6.45) is 1.94. The molecule has 1 aliphatic heterocycles. The molecule has 6 aromatic rings. The molecule has 0 aliphatic carbocycles. The molecular weight excluding hydrogens is 565 g/mol. The molecule has 0 unspecified atom stereocenters. The van der Waals surface area contributed by atoms with Gasteiger partial charge in [0, 0.05) is 16.8 Å². The zero-order chi connectivity index (χ0) is 31.2. The standard InChI is InChI=1S/C40H38BNO2Si/c1-6-32-27-30-17-13-14-26-38(30)42(32)33-19-16-25-37(29-33)45(34-20-9-7-10-21-34,35-22-11-8-12-23-35)36-24-15-18-31(28-36)41-43-39(2,3)40(4,5)44-41/h6-29H,1H2,2-5H3. The van der Waals surface area contributed by atoms with Crippen LogP contribution in [0.1, 0.15) is 33.4 Å². The van der Waals surface area contributed by atoms with Gasteiger partial charge in [0.1, 0.15) is 0 Å². The van der Waals surface area contributed by atoms with E-state index < -0.39 is 26.4 Å². The number of para-hydroxylation sites is 1. The van der Waals surface area contributed by atoms with Gasteiger partial charge < -0.3 is 13.9 Å². The lowest BCUT2D eigenvalue weighted by Crippen LogP contribution is -2.75. The van der Waals surface area contributed by atoms with Crippen LogP contribution in [0.25, 0.3) is 22.7 Å². The van der Waals surface area contributed by atoms with Crippen LogP contribution >= 0.6 is 0 Å². The Labute approximate surface area is 267 Å². The molecule has 1 saturated heterocycles. The van der Waals surface area contributed by atoms with Crippen molar-refractivity contribution >= 4 is 58.4 Å². The Kier molecular flexibility index (Phi) is 7.28. The van der Waals surface area contributed by atoms with Crippen molar-refractivity contribution in [2.45, 2.75) is 38.9 Å². The zero-order valence-electron chi connectivity index (χ0n) is 26.4. The molecule has 0 radical (unpaired) electrons. The first-order chi connectivity index (χ1) is 21.7. The summed E-state index contributed by atoms with van der Waals surface area (Å²) in [6.45, 7) is 12.6. The number of benzene rings is 5. The second-order valence-electron chi connectivity index (χ2n) is 12.9. The average molecular weight is 604 g/mol. The minimum atomic E-state index is -2.84. The summed E-state index contributed by atoms with van der Waals surface area (Å²) in [5.74, 6) is 0. The van der Waals surface area contributed by atoms with Crippen LogP contribution in [0.5, 0.6) is 0 Å². The van der Waals surface area contributed by atoms with E-state index in [1.165, 1.54) is 31.6 Å². The summed E-state index contributed by atoms with van der Waals surface area (Å²) in [5, 5.41) is 6.42.